The smallest absolute Gasteiger partial charge is 0.325 e. The molecule has 1 saturated carbocycles. The summed E-state index contributed by atoms with van der Waals surface area (Å²) in [6.45, 7) is 1.10. The van der Waals surface area contributed by atoms with Crippen LogP contribution in [-0.2, 0) is 9.59 Å². The van der Waals surface area contributed by atoms with Crippen LogP contribution in [0.1, 0.15) is 32.1 Å². The molecule has 1 aliphatic carbocycles. The molecule has 1 aromatic rings. The van der Waals surface area contributed by atoms with Crippen molar-refractivity contribution in [3.05, 3.63) is 30.3 Å². The highest BCUT2D eigenvalue weighted by molar-refractivity contribution is 6.09. The van der Waals surface area contributed by atoms with E-state index in [1.807, 2.05) is 37.4 Å². The molecule has 0 radical (unpaired) electrons. The van der Waals surface area contributed by atoms with Gasteiger partial charge in [0.05, 0.1) is 0 Å². The molecule has 1 aliphatic heterocycles. The average molecular weight is 358 g/mol. The molecule has 1 spiro atoms. The summed E-state index contributed by atoms with van der Waals surface area (Å²) in [5.74, 6) is -0.551. The van der Waals surface area contributed by atoms with Crippen LogP contribution >= 0.6 is 0 Å². The van der Waals surface area contributed by atoms with Crippen LogP contribution in [0, 0.1) is 0 Å². The molecule has 1 aromatic carbocycles. The molecule has 0 atom stereocenters. The maximum absolute atomic E-state index is 12.5. The first-order valence-electron chi connectivity index (χ1n) is 9.19. The van der Waals surface area contributed by atoms with Crippen LogP contribution in [0.4, 0.5) is 10.5 Å². The number of carbonyl (C=O) groups is 3. The van der Waals surface area contributed by atoms with Gasteiger partial charge in [-0.15, -0.1) is 0 Å². The quantitative estimate of drug-likeness (QED) is 0.572. The lowest BCUT2D eigenvalue weighted by atomic mass is 9.98. The number of anilines is 1. The minimum absolute atomic E-state index is 0.207. The minimum Gasteiger partial charge on any atom is -0.375 e. The number of urea groups is 1. The zero-order valence-electron chi connectivity index (χ0n) is 15.2. The van der Waals surface area contributed by atoms with E-state index >= 15 is 0 Å². The van der Waals surface area contributed by atoms with Gasteiger partial charge in [0.25, 0.3) is 5.91 Å². The van der Waals surface area contributed by atoms with Crippen LogP contribution in [-0.4, -0.2) is 55.0 Å². The van der Waals surface area contributed by atoms with Crippen LogP contribution in [0.15, 0.2) is 30.3 Å². The summed E-state index contributed by atoms with van der Waals surface area (Å²) in [5, 5.41) is 5.58. The number of para-hydroxylation sites is 1. The van der Waals surface area contributed by atoms with Crippen LogP contribution in [0.2, 0.25) is 0 Å². The van der Waals surface area contributed by atoms with E-state index in [2.05, 4.69) is 15.5 Å². The maximum Gasteiger partial charge on any atom is 0.325 e. The fraction of sp³-hybridized carbons (Fsp3) is 0.526. The van der Waals surface area contributed by atoms with Crippen molar-refractivity contribution < 1.29 is 14.4 Å². The number of nitrogens with one attached hydrogen (secondary N) is 2. The lowest BCUT2D eigenvalue weighted by molar-refractivity contribution is -0.134. The number of nitrogens with zero attached hydrogens (tertiary/aromatic N) is 2. The van der Waals surface area contributed by atoms with Gasteiger partial charge in [0.1, 0.15) is 12.1 Å². The van der Waals surface area contributed by atoms with Crippen LogP contribution in [0.3, 0.4) is 0 Å². The fourth-order valence-electron chi connectivity index (χ4n) is 3.69. The van der Waals surface area contributed by atoms with Gasteiger partial charge >= 0.3 is 6.03 Å². The molecule has 0 aromatic heterocycles. The zero-order chi connectivity index (χ0) is 18.6. The van der Waals surface area contributed by atoms with Crippen molar-refractivity contribution in [3.8, 4) is 0 Å². The molecule has 2 fully saturated rings. The van der Waals surface area contributed by atoms with Gasteiger partial charge in [-0.3, -0.25) is 14.5 Å². The predicted octanol–water partition coefficient (Wildman–Crippen LogP) is 1.49. The Balaban J connectivity index is 1.40. The van der Waals surface area contributed by atoms with Crippen molar-refractivity contribution in [2.75, 3.05) is 31.6 Å². The van der Waals surface area contributed by atoms with Gasteiger partial charge in [-0.2, -0.15) is 0 Å². The highest BCUT2D eigenvalue weighted by atomic mass is 16.2. The van der Waals surface area contributed by atoms with Gasteiger partial charge in [0.15, 0.2) is 0 Å². The molecule has 1 saturated heterocycles. The first-order valence-corrected chi connectivity index (χ1v) is 9.19. The first-order chi connectivity index (χ1) is 12.5. The minimum atomic E-state index is -0.754. The number of hydrogen-bond donors (Lipinski definition) is 2. The van der Waals surface area contributed by atoms with E-state index in [0.717, 1.165) is 36.4 Å². The van der Waals surface area contributed by atoms with Crippen molar-refractivity contribution in [1.82, 2.24) is 15.5 Å². The molecule has 26 heavy (non-hydrogen) atoms. The Morgan fingerprint density at radius 2 is 1.92 bits per heavy atom. The van der Waals surface area contributed by atoms with E-state index in [1.165, 1.54) is 0 Å². The summed E-state index contributed by atoms with van der Waals surface area (Å²) >= 11 is 0. The Bertz CT molecular complexity index is 671. The average Bonchev–Trinajstić information content (AvgIpc) is 3.20. The van der Waals surface area contributed by atoms with E-state index in [4.69, 9.17) is 0 Å². The van der Waals surface area contributed by atoms with E-state index in [-0.39, 0.29) is 18.4 Å². The molecular formula is C19H26N4O3. The lowest BCUT2D eigenvalue weighted by Crippen LogP contribution is -2.45. The van der Waals surface area contributed by atoms with Gasteiger partial charge in [-0.25, -0.2) is 4.79 Å². The molecule has 2 N–H and O–H groups in total. The van der Waals surface area contributed by atoms with Crippen molar-refractivity contribution in [2.45, 2.75) is 37.6 Å². The van der Waals surface area contributed by atoms with Crippen molar-refractivity contribution in [1.29, 1.82) is 0 Å². The SMILES string of the molecule is CN(CCCNC(=O)CN1C(=O)NC2(CCCC2)C1=O)c1ccccc1. The molecule has 2 aliphatic rings. The monoisotopic (exact) mass is 358 g/mol. The molecule has 0 unspecified atom stereocenters. The molecule has 3 rings (SSSR count). The fourth-order valence-corrected chi connectivity index (χ4v) is 3.69. The Morgan fingerprint density at radius 1 is 1.23 bits per heavy atom. The largest absolute Gasteiger partial charge is 0.375 e. The molecule has 7 heteroatoms. The summed E-state index contributed by atoms with van der Waals surface area (Å²) in [4.78, 5) is 39.9. The third kappa shape index (κ3) is 3.81. The van der Waals surface area contributed by atoms with E-state index < -0.39 is 11.6 Å². The van der Waals surface area contributed by atoms with Crippen molar-refractivity contribution >= 4 is 23.5 Å². The molecule has 140 valence electrons. The van der Waals surface area contributed by atoms with Gasteiger partial charge in [0, 0.05) is 25.8 Å². The van der Waals surface area contributed by atoms with Crippen molar-refractivity contribution in [2.24, 2.45) is 0 Å². The van der Waals surface area contributed by atoms with E-state index in [9.17, 15) is 14.4 Å². The molecule has 7 nitrogen and oxygen atoms in total. The second kappa shape index (κ2) is 7.76. The number of carbonyl (C=O) groups excluding carboxylic acids is 3. The highest BCUT2D eigenvalue weighted by Crippen LogP contribution is 2.34. The Kier molecular flexibility index (Phi) is 5.44. The second-order valence-corrected chi connectivity index (χ2v) is 7.07. The summed E-state index contributed by atoms with van der Waals surface area (Å²) < 4.78 is 0. The van der Waals surface area contributed by atoms with Crippen LogP contribution in [0.25, 0.3) is 0 Å². The number of hydrogen-bond acceptors (Lipinski definition) is 4. The Hall–Kier alpha value is -2.57. The molecule has 0 bridgehead atoms. The van der Waals surface area contributed by atoms with Crippen LogP contribution in [0.5, 0.6) is 0 Å². The summed E-state index contributed by atoms with van der Waals surface area (Å²) in [6.07, 6.45) is 3.98. The first kappa shape index (κ1) is 18.2. The number of benzene rings is 1. The zero-order valence-corrected chi connectivity index (χ0v) is 15.2. The predicted molar refractivity (Wildman–Crippen MR) is 98.8 cm³/mol. The number of imide groups is 1. The summed E-state index contributed by atoms with van der Waals surface area (Å²) in [6, 6.07) is 9.58. The number of amides is 4. The lowest BCUT2D eigenvalue weighted by Gasteiger charge is -2.20. The second-order valence-electron chi connectivity index (χ2n) is 7.07. The third-order valence-electron chi connectivity index (χ3n) is 5.19. The molecule has 4 amide bonds. The standard InChI is InChI=1S/C19H26N4O3/c1-22(15-8-3-2-4-9-15)13-7-12-20-16(24)14-23-17(25)19(21-18(23)26)10-5-6-11-19/h2-4,8-9H,5-7,10-14H2,1H3,(H,20,24)(H,21,26). The molecular weight excluding hydrogens is 332 g/mol. The van der Waals surface area contributed by atoms with Crippen molar-refractivity contribution in [3.63, 3.8) is 0 Å². The topological polar surface area (TPSA) is 81.8 Å². The Labute approximate surface area is 153 Å². The van der Waals surface area contributed by atoms with Crippen LogP contribution < -0.4 is 15.5 Å². The van der Waals surface area contributed by atoms with E-state index in [0.29, 0.717) is 19.4 Å². The summed E-state index contributed by atoms with van der Waals surface area (Å²) in [7, 11) is 2.01. The third-order valence-corrected chi connectivity index (χ3v) is 5.19. The normalized spacial score (nSPS) is 18.3. The highest BCUT2D eigenvalue weighted by Gasteiger charge is 2.52. The van der Waals surface area contributed by atoms with Gasteiger partial charge in [-0.1, -0.05) is 31.0 Å². The van der Waals surface area contributed by atoms with Gasteiger partial charge in [0.2, 0.25) is 5.91 Å². The van der Waals surface area contributed by atoms with E-state index in [1.54, 1.807) is 0 Å². The van der Waals surface area contributed by atoms with Gasteiger partial charge in [-0.05, 0) is 31.4 Å². The van der Waals surface area contributed by atoms with Gasteiger partial charge < -0.3 is 15.5 Å². The maximum atomic E-state index is 12.5. The molecule has 1 heterocycles. The number of rotatable bonds is 7. The Morgan fingerprint density at radius 3 is 2.62 bits per heavy atom. The summed E-state index contributed by atoms with van der Waals surface area (Å²) in [5.41, 5.74) is 0.371.